The molecule has 0 spiro atoms. The van der Waals surface area contributed by atoms with Crippen molar-refractivity contribution in [3.05, 3.63) is 36.2 Å². The Labute approximate surface area is 132 Å². The van der Waals surface area contributed by atoms with Crippen LogP contribution >= 0.6 is 11.9 Å². The van der Waals surface area contributed by atoms with Gasteiger partial charge >= 0.3 is 0 Å². The first-order valence-corrected chi connectivity index (χ1v) is 8.28. The van der Waals surface area contributed by atoms with Crippen LogP contribution < -0.4 is 5.32 Å². The Bertz CT molecular complexity index is 677. The highest BCUT2D eigenvalue weighted by atomic mass is 32.2. The molecule has 22 heavy (non-hydrogen) atoms. The molecule has 2 atom stereocenters. The van der Waals surface area contributed by atoms with Crippen molar-refractivity contribution in [2.24, 2.45) is 11.8 Å². The van der Waals surface area contributed by atoms with Crippen molar-refractivity contribution in [3.8, 4) is 0 Å². The Balaban J connectivity index is 1.67. The average Bonchev–Trinajstić information content (AvgIpc) is 3.08. The standard InChI is InChI=1S/C16H17F2N3S/c17-16(18)13-7-20-4-10-2-1-3-14(15(10)13)22-21-8-11-5-19-6-12(11)9-21/h1-4,7,11-12,16,19H,5-6,8-9H2/t11-,12?/m1/s1. The second kappa shape index (κ2) is 5.76. The minimum absolute atomic E-state index is 0.0293. The van der Waals surface area contributed by atoms with Gasteiger partial charge in [-0.15, -0.1) is 0 Å². The first-order valence-electron chi connectivity index (χ1n) is 7.51. The summed E-state index contributed by atoms with van der Waals surface area (Å²) in [5.74, 6) is 1.39. The van der Waals surface area contributed by atoms with Crippen molar-refractivity contribution >= 4 is 22.7 Å². The fraction of sp³-hybridized carbons (Fsp3) is 0.438. The summed E-state index contributed by atoms with van der Waals surface area (Å²) in [6.07, 6.45) is 0.452. The molecule has 2 aromatic rings. The zero-order valence-electron chi connectivity index (χ0n) is 12.0. The van der Waals surface area contributed by atoms with E-state index in [1.807, 2.05) is 18.2 Å². The number of alkyl halides is 2. The van der Waals surface area contributed by atoms with Crippen LogP contribution in [0.2, 0.25) is 0 Å². The number of hydrogen-bond acceptors (Lipinski definition) is 4. The Kier molecular flexibility index (Phi) is 3.76. The maximum absolute atomic E-state index is 13.3. The van der Waals surface area contributed by atoms with Gasteiger partial charge in [-0.2, -0.15) is 0 Å². The van der Waals surface area contributed by atoms with Crippen LogP contribution in [0.1, 0.15) is 12.0 Å². The highest BCUT2D eigenvalue weighted by molar-refractivity contribution is 7.97. The van der Waals surface area contributed by atoms with E-state index in [9.17, 15) is 8.78 Å². The van der Waals surface area contributed by atoms with Crippen LogP contribution in [0.4, 0.5) is 8.78 Å². The average molecular weight is 321 g/mol. The van der Waals surface area contributed by atoms with E-state index in [0.717, 1.165) is 36.5 Å². The summed E-state index contributed by atoms with van der Waals surface area (Å²) in [5.41, 5.74) is 0.0293. The number of rotatable bonds is 3. The van der Waals surface area contributed by atoms with Gasteiger partial charge in [0, 0.05) is 46.7 Å². The molecular weight excluding hydrogens is 304 g/mol. The van der Waals surface area contributed by atoms with E-state index in [-0.39, 0.29) is 5.56 Å². The van der Waals surface area contributed by atoms with Crippen molar-refractivity contribution in [3.63, 3.8) is 0 Å². The largest absolute Gasteiger partial charge is 0.316 e. The monoisotopic (exact) mass is 321 g/mol. The van der Waals surface area contributed by atoms with Gasteiger partial charge in [-0.25, -0.2) is 13.1 Å². The van der Waals surface area contributed by atoms with Crippen molar-refractivity contribution < 1.29 is 8.78 Å². The fourth-order valence-corrected chi connectivity index (χ4v) is 4.77. The number of pyridine rings is 1. The lowest BCUT2D eigenvalue weighted by Gasteiger charge is -2.18. The van der Waals surface area contributed by atoms with Gasteiger partial charge in [-0.3, -0.25) is 4.98 Å². The molecule has 4 rings (SSSR count). The van der Waals surface area contributed by atoms with Gasteiger partial charge in [0.1, 0.15) is 0 Å². The van der Waals surface area contributed by atoms with E-state index in [0.29, 0.717) is 17.2 Å². The van der Waals surface area contributed by atoms with Gasteiger partial charge in [0.15, 0.2) is 0 Å². The second-order valence-corrected chi connectivity index (χ2v) is 7.14. The normalized spacial score (nSPS) is 25.2. The molecule has 116 valence electrons. The molecule has 0 aliphatic carbocycles. The first kappa shape index (κ1) is 14.4. The van der Waals surface area contributed by atoms with Crippen molar-refractivity contribution in [1.82, 2.24) is 14.6 Å². The smallest absolute Gasteiger partial charge is 0.265 e. The minimum atomic E-state index is -2.50. The van der Waals surface area contributed by atoms with Crippen LogP contribution in [-0.2, 0) is 0 Å². The summed E-state index contributed by atoms with van der Waals surface area (Å²) in [6.45, 7) is 4.19. The number of benzene rings is 1. The number of halogens is 2. The van der Waals surface area contributed by atoms with E-state index >= 15 is 0 Å². The summed E-state index contributed by atoms with van der Waals surface area (Å²) >= 11 is 1.61. The summed E-state index contributed by atoms with van der Waals surface area (Å²) in [5, 5.41) is 4.85. The van der Waals surface area contributed by atoms with Crippen molar-refractivity contribution in [2.75, 3.05) is 26.2 Å². The van der Waals surface area contributed by atoms with Crippen LogP contribution in [-0.4, -0.2) is 35.5 Å². The molecular formula is C16H17F2N3S. The quantitative estimate of drug-likeness (QED) is 0.878. The Morgan fingerprint density at radius 3 is 2.68 bits per heavy atom. The molecule has 1 N–H and O–H groups in total. The Morgan fingerprint density at radius 2 is 1.95 bits per heavy atom. The maximum atomic E-state index is 13.3. The molecule has 1 unspecified atom stereocenters. The summed E-state index contributed by atoms with van der Waals surface area (Å²) in [7, 11) is 0. The van der Waals surface area contributed by atoms with Crippen molar-refractivity contribution in [2.45, 2.75) is 11.3 Å². The molecule has 2 aliphatic rings. The Hall–Kier alpha value is -1.24. The Morgan fingerprint density at radius 1 is 1.18 bits per heavy atom. The summed E-state index contributed by atoms with van der Waals surface area (Å²) in [6, 6.07) is 5.70. The van der Waals surface area contributed by atoms with E-state index in [1.54, 1.807) is 18.1 Å². The molecule has 6 heteroatoms. The maximum Gasteiger partial charge on any atom is 0.265 e. The van der Waals surface area contributed by atoms with Gasteiger partial charge in [-0.05, 0) is 42.9 Å². The lowest BCUT2D eigenvalue weighted by atomic mass is 10.0. The third kappa shape index (κ3) is 2.49. The molecule has 1 aromatic carbocycles. The molecule has 0 saturated carbocycles. The summed E-state index contributed by atoms with van der Waals surface area (Å²) in [4.78, 5) is 4.85. The van der Waals surface area contributed by atoms with Crippen molar-refractivity contribution in [1.29, 1.82) is 0 Å². The van der Waals surface area contributed by atoms with E-state index < -0.39 is 6.43 Å². The number of nitrogens with zero attached hydrogens (tertiary/aromatic N) is 2. The van der Waals surface area contributed by atoms with E-state index in [4.69, 9.17) is 0 Å². The van der Waals surface area contributed by atoms with Gasteiger partial charge in [0.05, 0.1) is 0 Å². The lowest BCUT2D eigenvalue weighted by molar-refractivity contribution is 0.152. The SMILES string of the molecule is FC(F)c1cncc2cccc(SN3CC4CNC[C@@H]4C3)c12. The third-order valence-electron chi connectivity index (χ3n) is 4.59. The molecule has 3 heterocycles. The molecule has 2 aliphatic heterocycles. The van der Waals surface area contributed by atoms with Crippen LogP contribution in [0.15, 0.2) is 35.5 Å². The zero-order chi connectivity index (χ0) is 15.1. The highest BCUT2D eigenvalue weighted by Gasteiger charge is 2.36. The highest BCUT2D eigenvalue weighted by Crippen LogP contribution is 2.39. The van der Waals surface area contributed by atoms with Crippen LogP contribution in [0.3, 0.4) is 0 Å². The summed E-state index contributed by atoms with van der Waals surface area (Å²) < 4.78 is 28.9. The number of hydrogen-bond donors (Lipinski definition) is 1. The molecule has 0 amide bonds. The number of nitrogens with one attached hydrogen (secondary N) is 1. The third-order valence-corrected chi connectivity index (χ3v) is 5.69. The molecule has 3 nitrogen and oxygen atoms in total. The predicted molar refractivity (Wildman–Crippen MR) is 84.0 cm³/mol. The lowest BCUT2D eigenvalue weighted by Crippen LogP contribution is -2.20. The molecule has 0 bridgehead atoms. The molecule has 1 aromatic heterocycles. The second-order valence-electron chi connectivity index (χ2n) is 6.00. The first-order chi connectivity index (χ1) is 10.7. The molecule has 2 saturated heterocycles. The number of aromatic nitrogens is 1. The molecule has 0 radical (unpaired) electrons. The van der Waals surface area contributed by atoms with Gasteiger partial charge in [0.2, 0.25) is 0 Å². The molecule has 2 fully saturated rings. The van der Waals surface area contributed by atoms with Crippen LogP contribution in [0, 0.1) is 11.8 Å². The van der Waals surface area contributed by atoms with Gasteiger partial charge < -0.3 is 5.32 Å². The van der Waals surface area contributed by atoms with Gasteiger partial charge in [0.25, 0.3) is 6.43 Å². The van der Waals surface area contributed by atoms with Gasteiger partial charge in [-0.1, -0.05) is 12.1 Å². The fourth-order valence-electron chi connectivity index (χ4n) is 3.49. The number of fused-ring (bicyclic) bond motifs is 2. The van der Waals surface area contributed by atoms with Crippen LogP contribution in [0.25, 0.3) is 10.8 Å². The van der Waals surface area contributed by atoms with Crippen LogP contribution in [0.5, 0.6) is 0 Å². The zero-order valence-corrected chi connectivity index (χ0v) is 12.8. The topological polar surface area (TPSA) is 28.2 Å². The minimum Gasteiger partial charge on any atom is -0.316 e. The van der Waals surface area contributed by atoms with E-state index in [1.165, 1.54) is 6.20 Å². The predicted octanol–water partition coefficient (Wildman–Crippen LogP) is 3.33. The van der Waals surface area contributed by atoms with E-state index in [2.05, 4.69) is 14.6 Å².